The Kier molecular flexibility index (Phi) is 6.18. The summed E-state index contributed by atoms with van der Waals surface area (Å²) >= 11 is 0. The number of hydrogen-bond donors (Lipinski definition) is 1. The van der Waals surface area contributed by atoms with E-state index in [2.05, 4.69) is 12.7 Å². The minimum atomic E-state index is -0.837. The van der Waals surface area contributed by atoms with Crippen LogP contribution in [0.4, 0.5) is 0 Å². The van der Waals surface area contributed by atoms with Crippen LogP contribution in [0.1, 0.15) is 52.4 Å². The highest BCUT2D eigenvalue weighted by atomic mass is 16.5. The van der Waals surface area contributed by atoms with Gasteiger partial charge in [-0.05, 0) is 58.4 Å². The van der Waals surface area contributed by atoms with Gasteiger partial charge >= 0.3 is 11.9 Å². The van der Waals surface area contributed by atoms with Gasteiger partial charge in [0.05, 0.1) is 0 Å². The van der Waals surface area contributed by atoms with Gasteiger partial charge < -0.3 is 9.84 Å². The van der Waals surface area contributed by atoms with Gasteiger partial charge in [0, 0.05) is 17.1 Å². The Hall–Kier alpha value is -2.10. The second kappa shape index (κ2) is 8.13. The maximum atomic E-state index is 11.8. The molecule has 1 unspecified atom stereocenters. The smallest absolute Gasteiger partial charge is 0.334 e. The van der Waals surface area contributed by atoms with Crippen molar-refractivity contribution in [2.75, 3.05) is 0 Å². The largest absolute Gasteiger partial charge is 0.478 e. The molecule has 4 heteroatoms. The Morgan fingerprint density at radius 3 is 2.58 bits per heavy atom. The first-order valence-corrected chi connectivity index (χ1v) is 8.53. The number of esters is 1. The van der Waals surface area contributed by atoms with Crippen LogP contribution in [-0.2, 0) is 14.3 Å². The normalized spacial score (nSPS) is 33.0. The molecule has 4 nitrogen and oxygen atoms in total. The summed E-state index contributed by atoms with van der Waals surface area (Å²) in [5.41, 5.74) is 3.36. The van der Waals surface area contributed by atoms with Gasteiger partial charge in [0.25, 0.3) is 0 Å². The van der Waals surface area contributed by atoms with Crippen LogP contribution in [0.3, 0.4) is 0 Å². The first kappa shape index (κ1) is 18.2. The van der Waals surface area contributed by atoms with E-state index in [1.165, 1.54) is 5.57 Å². The molecule has 130 valence electrons. The molecule has 1 aliphatic carbocycles. The summed E-state index contributed by atoms with van der Waals surface area (Å²) in [4.78, 5) is 23.2. The van der Waals surface area contributed by atoms with Gasteiger partial charge in [0.15, 0.2) is 0 Å². The van der Waals surface area contributed by atoms with Crippen LogP contribution >= 0.6 is 0 Å². The number of carboxylic acid groups (broad SMARTS) is 1. The minimum absolute atomic E-state index is 0.0314. The zero-order valence-corrected chi connectivity index (χ0v) is 14.5. The summed E-state index contributed by atoms with van der Waals surface area (Å²) in [6.45, 7) is 7.95. The molecule has 1 aliphatic heterocycles. The molecule has 0 aromatic heterocycles. The second-order valence-corrected chi connectivity index (χ2v) is 6.72. The lowest BCUT2D eigenvalue weighted by atomic mass is 9.89. The number of carboxylic acids is 1. The van der Waals surface area contributed by atoms with Crippen LogP contribution in [0.5, 0.6) is 0 Å². The van der Waals surface area contributed by atoms with Gasteiger partial charge in [-0.3, -0.25) is 0 Å². The van der Waals surface area contributed by atoms with E-state index in [1.54, 1.807) is 0 Å². The Morgan fingerprint density at radius 2 is 1.88 bits per heavy atom. The molecule has 0 spiro atoms. The van der Waals surface area contributed by atoms with Crippen molar-refractivity contribution in [3.63, 3.8) is 0 Å². The fourth-order valence-corrected chi connectivity index (χ4v) is 3.21. The van der Waals surface area contributed by atoms with Gasteiger partial charge in [-0.25, -0.2) is 9.59 Å². The van der Waals surface area contributed by atoms with E-state index >= 15 is 0 Å². The van der Waals surface area contributed by atoms with Gasteiger partial charge in [-0.15, -0.1) is 0 Å². The number of hydrogen-bond acceptors (Lipinski definition) is 3. The van der Waals surface area contributed by atoms with Crippen molar-refractivity contribution in [1.82, 2.24) is 0 Å². The topological polar surface area (TPSA) is 63.6 Å². The molecule has 2 aliphatic rings. The summed E-state index contributed by atoms with van der Waals surface area (Å²) in [6.07, 6.45) is 10.1. The maximum absolute atomic E-state index is 11.8. The van der Waals surface area contributed by atoms with Crippen LogP contribution in [-0.4, -0.2) is 23.1 Å². The molecular weight excluding hydrogens is 304 g/mol. The molecular formula is C20H26O4. The van der Waals surface area contributed by atoms with Gasteiger partial charge in [0.2, 0.25) is 0 Å². The Bertz CT molecular complexity index is 622. The summed E-state index contributed by atoms with van der Waals surface area (Å²) in [5.74, 6) is -1.10. The van der Waals surface area contributed by atoms with Crippen LogP contribution in [0.2, 0.25) is 0 Å². The third kappa shape index (κ3) is 4.70. The number of fused-ring (bicyclic) bond motifs is 1. The maximum Gasteiger partial charge on any atom is 0.334 e. The highest BCUT2D eigenvalue weighted by Gasteiger charge is 2.36. The van der Waals surface area contributed by atoms with Crippen LogP contribution in [0.15, 0.2) is 47.1 Å². The average Bonchev–Trinajstić information content (AvgIpc) is 2.77. The van der Waals surface area contributed by atoms with Crippen molar-refractivity contribution >= 4 is 11.9 Å². The molecule has 0 amide bonds. The fourth-order valence-electron chi connectivity index (χ4n) is 3.21. The zero-order chi connectivity index (χ0) is 17.7. The molecule has 1 heterocycles. The Balaban J connectivity index is 2.23. The SMILES string of the molecule is C=C1C(=O)OC2/C=C(\C)CC/C=C(\C(=O)O)CC/C=C(\C)CC[C@@H]12. The molecule has 0 saturated carbocycles. The van der Waals surface area contributed by atoms with E-state index in [1.807, 2.05) is 26.0 Å². The number of ether oxygens (including phenoxy) is 1. The zero-order valence-electron chi connectivity index (χ0n) is 14.5. The third-order valence-corrected chi connectivity index (χ3v) is 4.76. The lowest BCUT2D eigenvalue weighted by Gasteiger charge is -2.16. The number of allylic oxidation sites excluding steroid dienone is 4. The molecule has 1 fully saturated rings. The summed E-state index contributed by atoms with van der Waals surface area (Å²) in [5, 5.41) is 9.29. The fraction of sp³-hybridized carbons (Fsp3) is 0.500. The van der Waals surface area contributed by atoms with Crippen molar-refractivity contribution in [1.29, 1.82) is 0 Å². The van der Waals surface area contributed by atoms with Crippen LogP contribution < -0.4 is 0 Å². The quantitative estimate of drug-likeness (QED) is 0.441. The van der Waals surface area contributed by atoms with Crippen molar-refractivity contribution in [2.45, 2.75) is 58.5 Å². The molecule has 24 heavy (non-hydrogen) atoms. The molecule has 2 atom stereocenters. The number of aliphatic carboxylic acids is 1. The van der Waals surface area contributed by atoms with Gasteiger partial charge in [0.1, 0.15) is 6.10 Å². The predicted molar refractivity (Wildman–Crippen MR) is 93.4 cm³/mol. The minimum Gasteiger partial charge on any atom is -0.478 e. The lowest BCUT2D eigenvalue weighted by molar-refractivity contribution is -0.137. The van der Waals surface area contributed by atoms with Crippen molar-refractivity contribution in [2.24, 2.45) is 5.92 Å². The lowest BCUT2D eigenvalue weighted by Crippen LogP contribution is -2.15. The molecule has 0 radical (unpaired) electrons. The summed E-state index contributed by atoms with van der Waals surface area (Å²) in [7, 11) is 0. The molecule has 1 saturated heterocycles. The van der Waals surface area contributed by atoms with Crippen LogP contribution in [0.25, 0.3) is 0 Å². The number of carbonyl (C=O) groups is 2. The first-order valence-electron chi connectivity index (χ1n) is 8.53. The van der Waals surface area contributed by atoms with E-state index in [-0.39, 0.29) is 18.0 Å². The van der Waals surface area contributed by atoms with E-state index in [9.17, 15) is 14.7 Å². The second-order valence-electron chi connectivity index (χ2n) is 6.72. The van der Waals surface area contributed by atoms with E-state index < -0.39 is 5.97 Å². The van der Waals surface area contributed by atoms with E-state index in [0.29, 0.717) is 24.0 Å². The predicted octanol–water partition coefficient (Wildman–Crippen LogP) is 4.34. The van der Waals surface area contributed by atoms with Crippen molar-refractivity contribution in [3.05, 3.63) is 47.1 Å². The molecule has 0 aromatic carbocycles. The van der Waals surface area contributed by atoms with Crippen LogP contribution in [0, 0.1) is 5.92 Å². The van der Waals surface area contributed by atoms with E-state index in [4.69, 9.17) is 4.74 Å². The standard InChI is InChI=1S/C20H26O4/c1-13-6-4-8-16(19(21)22)9-5-7-14(2)12-18-17(11-10-13)15(3)20(23)24-18/h6,9,12,17-18H,3-5,7-8,10-11H2,1-2H3,(H,21,22)/b13-6+,14-12+,16-9-/t17-,18?/m0/s1. The monoisotopic (exact) mass is 330 g/mol. The highest BCUT2D eigenvalue weighted by Crippen LogP contribution is 2.33. The van der Waals surface area contributed by atoms with Crippen molar-refractivity contribution in [3.8, 4) is 0 Å². The number of carbonyl (C=O) groups excluding carboxylic acids is 1. The molecule has 0 bridgehead atoms. The molecule has 2 rings (SSSR count). The summed E-state index contributed by atoms with van der Waals surface area (Å²) in [6, 6.07) is 0. The third-order valence-electron chi connectivity index (χ3n) is 4.76. The molecule has 0 aromatic rings. The van der Waals surface area contributed by atoms with Crippen molar-refractivity contribution < 1.29 is 19.4 Å². The van der Waals surface area contributed by atoms with Gasteiger partial charge in [-0.2, -0.15) is 0 Å². The Morgan fingerprint density at radius 1 is 1.17 bits per heavy atom. The molecule has 1 N–H and O–H groups in total. The number of rotatable bonds is 1. The average molecular weight is 330 g/mol. The van der Waals surface area contributed by atoms with Gasteiger partial charge in [-0.1, -0.05) is 29.9 Å². The first-order chi connectivity index (χ1) is 11.4. The summed E-state index contributed by atoms with van der Waals surface area (Å²) < 4.78 is 5.46. The Labute approximate surface area is 143 Å². The van der Waals surface area contributed by atoms with E-state index in [0.717, 1.165) is 31.3 Å². The highest BCUT2D eigenvalue weighted by molar-refractivity contribution is 5.91.